The lowest BCUT2D eigenvalue weighted by molar-refractivity contribution is 0.0863. The molecule has 118 valence electrons. The molecule has 0 bridgehead atoms. The first kappa shape index (κ1) is 15.3. The minimum atomic E-state index is -0.153. The molecule has 3 rings (SSSR count). The minimum absolute atomic E-state index is 0.153. The average Bonchev–Trinajstić information content (AvgIpc) is 3.22. The SMILES string of the molecule is CN1CCN([C@@H](CNC(=O)c2ccco2)c2ccsc2)CC1. The van der Waals surface area contributed by atoms with Gasteiger partial charge in [0.05, 0.1) is 12.3 Å². The topological polar surface area (TPSA) is 48.7 Å². The minimum Gasteiger partial charge on any atom is -0.459 e. The van der Waals surface area contributed by atoms with Gasteiger partial charge in [0, 0.05) is 32.7 Å². The van der Waals surface area contributed by atoms with E-state index < -0.39 is 0 Å². The van der Waals surface area contributed by atoms with E-state index in [1.54, 1.807) is 23.5 Å². The van der Waals surface area contributed by atoms with Crippen LogP contribution in [-0.4, -0.2) is 55.5 Å². The van der Waals surface area contributed by atoms with E-state index in [9.17, 15) is 4.79 Å². The fraction of sp³-hybridized carbons (Fsp3) is 0.438. The lowest BCUT2D eigenvalue weighted by atomic mass is 10.1. The number of carbonyl (C=O) groups excluding carboxylic acids is 1. The second-order valence-corrected chi connectivity index (χ2v) is 6.38. The number of hydrogen-bond acceptors (Lipinski definition) is 5. The summed E-state index contributed by atoms with van der Waals surface area (Å²) in [5, 5.41) is 7.26. The monoisotopic (exact) mass is 319 g/mol. The van der Waals surface area contributed by atoms with Gasteiger partial charge in [-0.25, -0.2) is 0 Å². The molecule has 1 aliphatic heterocycles. The van der Waals surface area contributed by atoms with Crippen molar-refractivity contribution in [3.05, 3.63) is 46.5 Å². The van der Waals surface area contributed by atoms with Gasteiger partial charge < -0.3 is 14.6 Å². The van der Waals surface area contributed by atoms with E-state index in [0.717, 1.165) is 26.2 Å². The maximum atomic E-state index is 12.1. The van der Waals surface area contributed by atoms with E-state index in [1.165, 1.54) is 11.8 Å². The van der Waals surface area contributed by atoms with Crippen LogP contribution in [0.1, 0.15) is 22.2 Å². The van der Waals surface area contributed by atoms with Crippen molar-refractivity contribution >= 4 is 17.2 Å². The van der Waals surface area contributed by atoms with Gasteiger partial charge in [0.1, 0.15) is 0 Å². The van der Waals surface area contributed by atoms with Crippen molar-refractivity contribution in [3.63, 3.8) is 0 Å². The third-order valence-electron chi connectivity index (χ3n) is 4.11. The van der Waals surface area contributed by atoms with Crippen LogP contribution in [-0.2, 0) is 0 Å². The molecule has 0 saturated carbocycles. The van der Waals surface area contributed by atoms with Gasteiger partial charge in [-0.05, 0) is 41.6 Å². The van der Waals surface area contributed by atoms with E-state index in [4.69, 9.17) is 4.42 Å². The second-order valence-electron chi connectivity index (χ2n) is 5.60. The molecular formula is C16H21N3O2S. The van der Waals surface area contributed by atoms with E-state index in [1.807, 2.05) is 0 Å². The first-order chi connectivity index (χ1) is 10.7. The summed E-state index contributed by atoms with van der Waals surface area (Å²) in [4.78, 5) is 16.9. The Morgan fingerprint density at radius 2 is 2.18 bits per heavy atom. The molecule has 3 heterocycles. The van der Waals surface area contributed by atoms with E-state index in [0.29, 0.717) is 12.3 Å². The van der Waals surface area contributed by atoms with Crippen LogP contribution in [0.4, 0.5) is 0 Å². The summed E-state index contributed by atoms with van der Waals surface area (Å²) < 4.78 is 5.15. The zero-order chi connectivity index (χ0) is 15.4. The predicted molar refractivity (Wildman–Crippen MR) is 87.2 cm³/mol. The summed E-state index contributed by atoms with van der Waals surface area (Å²) in [7, 11) is 2.15. The Kier molecular flexibility index (Phi) is 4.92. The van der Waals surface area contributed by atoms with Crippen LogP contribution in [0.5, 0.6) is 0 Å². The summed E-state index contributed by atoms with van der Waals surface area (Å²) >= 11 is 1.70. The van der Waals surface area contributed by atoms with E-state index >= 15 is 0 Å². The van der Waals surface area contributed by atoms with Crippen LogP contribution in [0.15, 0.2) is 39.6 Å². The molecule has 0 aliphatic carbocycles. The molecule has 6 heteroatoms. The molecule has 5 nitrogen and oxygen atoms in total. The Morgan fingerprint density at radius 3 is 2.82 bits per heavy atom. The van der Waals surface area contributed by atoms with Crippen LogP contribution >= 0.6 is 11.3 Å². The fourth-order valence-corrected chi connectivity index (χ4v) is 3.45. The molecule has 2 aromatic rings. The standard InChI is InChI=1S/C16H21N3O2S/c1-18-5-7-19(8-6-18)14(13-4-10-22-12-13)11-17-16(20)15-3-2-9-21-15/h2-4,9-10,12,14H,5-8,11H2,1H3,(H,17,20)/t14-/m0/s1. The molecule has 22 heavy (non-hydrogen) atoms. The molecule has 1 saturated heterocycles. The smallest absolute Gasteiger partial charge is 0.287 e. The van der Waals surface area contributed by atoms with Gasteiger partial charge in [-0.1, -0.05) is 0 Å². The Bertz CT molecular complexity index is 575. The highest BCUT2D eigenvalue weighted by molar-refractivity contribution is 7.07. The van der Waals surface area contributed by atoms with Crippen molar-refractivity contribution in [3.8, 4) is 0 Å². The van der Waals surface area contributed by atoms with Gasteiger partial charge in [-0.3, -0.25) is 9.69 Å². The van der Waals surface area contributed by atoms with Crippen molar-refractivity contribution < 1.29 is 9.21 Å². The Morgan fingerprint density at radius 1 is 1.36 bits per heavy atom. The fourth-order valence-electron chi connectivity index (χ4n) is 2.74. The Balaban J connectivity index is 1.65. The van der Waals surface area contributed by atoms with Gasteiger partial charge in [-0.2, -0.15) is 11.3 Å². The number of rotatable bonds is 5. The van der Waals surface area contributed by atoms with Gasteiger partial charge in [-0.15, -0.1) is 0 Å². The third kappa shape index (κ3) is 3.58. The number of hydrogen-bond donors (Lipinski definition) is 1. The molecule has 2 aromatic heterocycles. The number of nitrogens with one attached hydrogen (secondary N) is 1. The first-order valence-electron chi connectivity index (χ1n) is 7.50. The zero-order valence-electron chi connectivity index (χ0n) is 12.7. The number of piperazine rings is 1. The maximum absolute atomic E-state index is 12.1. The summed E-state index contributed by atoms with van der Waals surface area (Å²) in [5.74, 6) is 0.210. The van der Waals surface area contributed by atoms with Crippen molar-refractivity contribution in [1.29, 1.82) is 0 Å². The number of likely N-dealkylation sites (N-methyl/N-ethyl adjacent to an activating group) is 1. The zero-order valence-corrected chi connectivity index (χ0v) is 13.5. The lowest BCUT2D eigenvalue weighted by Crippen LogP contribution is -2.48. The third-order valence-corrected chi connectivity index (χ3v) is 4.81. The Hall–Kier alpha value is -1.63. The molecule has 0 radical (unpaired) electrons. The Labute approximate surface area is 134 Å². The van der Waals surface area contributed by atoms with Crippen molar-refractivity contribution in [2.45, 2.75) is 6.04 Å². The number of amides is 1. The summed E-state index contributed by atoms with van der Waals surface area (Å²) in [6, 6.07) is 5.78. The van der Waals surface area contributed by atoms with Crippen LogP contribution in [0.2, 0.25) is 0 Å². The van der Waals surface area contributed by atoms with E-state index in [-0.39, 0.29) is 11.9 Å². The molecule has 0 unspecified atom stereocenters. The number of thiophene rings is 1. The molecule has 0 spiro atoms. The predicted octanol–water partition coefficient (Wildman–Crippen LogP) is 2.06. The van der Waals surface area contributed by atoms with E-state index in [2.05, 4.69) is 39.0 Å². The largest absolute Gasteiger partial charge is 0.459 e. The van der Waals surface area contributed by atoms with Crippen LogP contribution in [0, 0.1) is 0 Å². The number of furan rings is 1. The van der Waals surface area contributed by atoms with Crippen molar-refractivity contribution in [1.82, 2.24) is 15.1 Å². The molecule has 1 aliphatic rings. The van der Waals surface area contributed by atoms with Crippen LogP contribution in [0.3, 0.4) is 0 Å². The lowest BCUT2D eigenvalue weighted by Gasteiger charge is -2.37. The summed E-state index contributed by atoms with van der Waals surface area (Å²) in [5.41, 5.74) is 1.27. The highest BCUT2D eigenvalue weighted by Gasteiger charge is 2.25. The highest BCUT2D eigenvalue weighted by atomic mass is 32.1. The normalized spacial score (nSPS) is 18.2. The maximum Gasteiger partial charge on any atom is 0.287 e. The highest BCUT2D eigenvalue weighted by Crippen LogP contribution is 2.23. The average molecular weight is 319 g/mol. The van der Waals surface area contributed by atoms with Crippen molar-refractivity contribution in [2.24, 2.45) is 0 Å². The summed E-state index contributed by atoms with van der Waals surface area (Å²) in [6.07, 6.45) is 1.52. The van der Waals surface area contributed by atoms with Gasteiger partial charge in [0.15, 0.2) is 5.76 Å². The summed E-state index contributed by atoms with van der Waals surface area (Å²) in [6.45, 7) is 4.76. The van der Waals surface area contributed by atoms with Gasteiger partial charge in [0.2, 0.25) is 0 Å². The molecule has 0 aromatic carbocycles. The second kappa shape index (κ2) is 7.09. The van der Waals surface area contributed by atoms with Crippen molar-refractivity contribution in [2.75, 3.05) is 39.8 Å². The first-order valence-corrected chi connectivity index (χ1v) is 8.44. The molecule has 1 atom stereocenters. The number of carbonyl (C=O) groups is 1. The molecule has 1 N–H and O–H groups in total. The van der Waals surface area contributed by atoms with Gasteiger partial charge in [0.25, 0.3) is 5.91 Å². The molecular weight excluding hydrogens is 298 g/mol. The quantitative estimate of drug-likeness (QED) is 0.916. The molecule has 1 amide bonds. The number of nitrogens with zero attached hydrogens (tertiary/aromatic N) is 2. The van der Waals surface area contributed by atoms with Crippen LogP contribution in [0.25, 0.3) is 0 Å². The van der Waals surface area contributed by atoms with Gasteiger partial charge >= 0.3 is 0 Å². The molecule has 1 fully saturated rings. The van der Waals surface area contributed by atoms with Crippen LogP contribution < -0.4 is 5.32 Å².